The summed E-state index contributed by atoms with van der Waals surface area (Å²) >= 11 is 0. The van der Waals surface area contributed by atoms with E-state index in [9.17, 15) is 26.3 Å². The van der Waals surface area contributed by atoms with E-state index in [-0.39, 0.29) is 62.5 Å². The number of hydrogen-bond donors (Lipinski definition) is 0. The van der Waals surface area contributed by atoms with Crippen LogP contribution in [0.1, 0.15) is 48.0 Å². The van der Waals surface area contributed by atoms with E-state index in [1.54, 1.807) is 38.1 Å². The molecule has 0 aromatic carbocycles. The third-order valence-corrected chi connectivity index (χ3v) is 4.23. The third-order valence-electron chi connectivity index (χ3n) is 4.23. The van der Waals surface area contributed by atoms with E-state index in [1.807, 2.05) is 6.07 Å². The van der Waals surface area contributed by atoms with Gasteiger partial charge >= 0.3 is 0 Å². The zero-order chi connectivity index (χ0) is 23.4. The number of nitriles is 5. The summed E-state index contributed by atoms with van der Waals surface area (Å²) in [6.45, 7) is 7.16. The molecular formula is C22H8N10. The van der Waals surface area contributed by atoms with Crippen molar-refractivity contribution < 1.29 is 0 Å². The normalized spacial score (nSPS) is 12.9. The second kappa shape index (κ2) is 8.36. The number of aromatic nitrogens is 4. The molecule has 2 aromatic heterocycles. The van der Waals surface area contributed by atoms with Crippen LogP contribution in [0, 0.1) is 68.5 Å². The van der Waals surface area contributed by atoms with Gasteiger partial charge in [-0.25, -0.2) is 24.9 Å². The summed E-state index contributed by atoms with van der Waals surface area (Å²) in [5.41, 5.74) is -0.258. The van der Waals surface area contributed by atoms with Crippen LogP contribution in [0.4, 0.5) is 0 Å². The van der Waals surface area contributed by atoms with Gasteiger partial charge in [-0.3, -0.25) is 0 Å². The molecule has 0 aliphatic heterocycles. The van der Waals surface area contributed by atoms with Crippen LogP contribution in [-0.4, -0.2) is 25.6 Å². The summed E-state index contributed by atoms with van der Waals surface area (Å²) in [4.78, 5) is 21.1. The lowest BCUT2D eigenvalue weighted by Gasteiger charge is -2.21. The van der Waals surface area contributed by atoms with Crippen molar-refractivity contribution in [1.29, 1.82) is 26.3 Å². The highest BCUT2D eigenvalue weighted by Crippen LogP contribution is 2.36. The van der Waals surface area contributed by atoms with Gasteiger partial charge < -0.3 is 0 Å². The fourth-order valence-corrected chi connectivity index (χ4v) is 2.82. The summed E-state index contributed by atoms with van der Waals surface area (Å²) in [7, 11) is 0. The van der Waals surface area contributed by atoms with Gasteiger partial charge in [0.2, 0.25) is 0 Å². The van der Waals surface area contributed by atoms with Gasteiger partial charge in [0.05, 0.1) is 0 Å². The predicted molar refractivity (Wildman–Crippen MR) is 109 cm³/mol. The molecule has 0 atom stereocenters. The summed E-state index contributed by atoms with van der Waals surface area (Å²) in [5, 5.41) is 47.0. The van der Waals surface area contributed by atoms with Crippen LogP contribution in [0.2, 0.25) is 0 Å². The van der Waals surface area contributed by atoms with E-state index >= 15 is 0 Å². The summed E-state index contributed by atoms with van der Waals surface area (Å²) < 4.78 is 0. The van der Waals surface area contributed by atoms with Crippen LogP contribution in [0.15, 0.2) is 22.8 Å². The van der Waals surface area contributed by atoms with E-state index in [2.05, 4.69) is 43.3 Å². The van der Waals surface area contributed by atoms with Crippen molar-refractivity contribution in [1.82, 2.24) is 19.9 Å². The molecule has 1 aliphatic rings. The zero-order valence-electron chi connectivity index (χ0n) is 16.7. The summed E-state index contributed by atoms with van der Waals surface area (Å²) in [5.74, 6) is 5.43. The van der Waals surface area contributed by atoms with Gasteiger partial charge in [0.25, 0.3) is 0 Å². The van der Waals surface area contributed by atoms with Crippen LogP contribution in [0.3, 0.4) is 0 Å². The van der Waals surface area contributed by atoms with E-state index < -0.39 is 0 Å². The van der Waals surface area contributed by atoms with E-state index in [4.69, 9.17) is 0 Å². The van der Waals surface area contributed by atoms with Crippen molar-refractivity contribution in [2.45, 2.75) is 13.8 Å². The quantitative estimate of drug-likeness (QED) is 0.499. The van der Waals surface area contributed by atoms with Gasteiger partial charge in [-0.1, -0.05) is 12.5 Å². The van der Waals surface area contributed by atoms with Gasteiger partial charge in [-0.2, -0.15) is 26.3 Å². The standard InChI is InChI=1S/C22H8N10/c1-4-5-11(2)13(6-23)28-18-12(3)19-21(30-15(8-25)14(7-24)29-19)22-20(18)31-16(9-26)17(10-27)32-22/h3H2,1-2H3/b13-11+,28-18?. The van der Waals surface area contributed by atoms with Crippen molar-refractivity contribution in [2.24, 2.45) is 4.99 Å². The number of aliphatic imine (C=N–C) groups is 1. The molecule has 1 aliphatic carbocycles. The first-order chi connectivity index (χ1) is 15.4. The zero-order valence-corrected chi connectivity index (χ0v) is 16.7. The molecule has 10 nitrogen and oxygen atoms in total. The van der Waals surface area contributed by atoms with Crippen LogP contribution >= 0.6 is 0 Å². The number of nitrogens with zero attached hydrogens (tertiary/aromatic N) is 10. The summed E-state index contributed by atoms with van der Waals surface area (Å²) in [6.07, 6.45) is 0. The van der Waals surface area contributed by atoms with Crippen LogP contribution in [-0.2, 0) is 0 Å². The number of rotatable bonds is 1. The Balaban J connectivity index is 2.50. The Morgan fingerprint density at radius 2 is 1.19 bits per heavy atom. The Hall–Kier alpha value is -5.68. The summed E-state index contributed by atoms with van der Waals surface area (Å²) in [6, 6.07) is 9.12. The minimum absolute atomic E-state index is 0.0201. The Bertz CT molecular complexity index is 1560. The molecule has 0 amide bonds. The highest BCUT2D eigenvalue weighted by molar-refractivity contribution is 6.35. The molecule has 0 N–H and O–H groups in total. The van der Waals surface area contributed by atoms with Gasteiger partial charge in [0.15, 0.2) is 28.5 Å². The van der Waals surface area contributed by atoms with Crippen molar-refractivity contribution in [2.75, 3.05) is 0 Å². The van der Waals surface area contributed by atoms with E-state index in [1.165, 1.54) is 0 Å². The molecule has 0 bridgehead atoms. The Labute approximate surface area is 182 Å². The monoisotopic (exact) mass is 412 g/mol. The molecule has 0 fully saturated rings. The molecule has 146 valence electrons. The van der Waals surface area contributed by atoms with Gasteiger partial charge in [-0.15, -0.1) is 5.92 Å². The maximum Gasteiger partial charge on any atom is 0.177 e. The van der Waals surface area contributed by atoms with Gasteiger partial charge in [0.1, 0.15) is 58.8 Å². The number of hydrogen-bond acceptors (Lipinski definition) is 10. The Morgan fingerprint density at radius 1 is 0.750 bits per heavy atom. The first kappa shape index (κ1) is 21.0. The lowest BCUT2D eigenvalue weighted by atomic mass is 9.92. The average molecular weight is 412 g/mol. The third kappa shape index (κ3) is 3.30. The van der Waals surface area contributed by atoms with Crippen molar-refractivity contribution >= 4 is 11.3 Å². The van der Waals surface area contributed by atoms with Crippen LogP contribution in [0.5, 0.6) is 0 Å². The van der Waals surface area contributed by atoms with E-state index in [0.29, 0.717) is 5.57 Å². The fraction of sp³-hybridized carbons (Fsp3) is 0.0909. The minimum atomic E-state index is -0.266. The lowest BCUT2D eigenvalue weighted by molar-refractivity contribution is 1.05. The molecule has 2 heterocycles. The maximum absolute atomic E-state index is 9.57. The first-order valence-corrected chi connectivity index (χ1v) is 8.71. The lowest BCUT2D eigenvalue weighted by Crippen LogP contribution is -2.21. The smallest absolute Gasteiger partial charge is 0.177 e. The molecule has 32 heavy (non-hydrogen) atoms. The van der Waals surface area contributed by atoms with Crippen molar-refractivity contribution in [3.63, 3.8) is 0 Å². The second-order valence-electron chi connectivity index (χ2n) is 6.08. The SMILES string of the molecule is C=C1C(=N/C(C#N)=C(\C)C#CC)c2nc(C#N)c(C#N)nc2-c2nc(C#N)c(C#N)nc21. The first-order valence-electron chi connectivity index (χ1n) is 8.71. The molecule has 0 spiro atoms. The van der Waals surface area contributed by atoms with Crippen molar-refractivity contribution in [3.05, 3.63) is 52.0 Å². The number of allylic oxidation sites excluding steroid dienone is 3. The average Bonchev–Trinajstić information content (AvgIpc) is 2.82. The highest BCUT2D eigenvalue weighted by Gasteiger charge is 2.33. The molecule has 0 saturated carbocycles. The van der Waals surface area contributed by atoms with E-state index in [0.717, 1.165) is 0 Å². The predicted octanol–water partition coefficient (Wildman–Crippen LogP) is 2.06. The molecule has 0 radical (unpaired) electrons. The Kier molecular flexibility index (Phi) is 5.50. The Morgan fingerprint density at radius 3 is 1.62 bits per heavy atom. The van der Waals surface area contributed by atoms with Crippen LogP contribution < -0.4 is 0 Å². The molecule has 2 aromatic rings. The minimum Gasteiger partial charge on any atom is -0.234 e. The topological polar surface area (TPSA) is 183 Å². The largest absolute Gasteiger partial charge is 0.234 e. The van der Waals surface area contributed by atoms with Gasteiger partial charge in [-0.05, 0) is 13.8 Å². The van der Waals surface area contributed by atoms with Crippen molar-refractivity contribution in [3.8, 4) is 53.6 Å². The van der Waals surface area contributed by atoms with Gasteiger partial charge in [0, 0.05) is 11.1 Å². The molecule has 10 heteroatoms. The molecular weight excluding hydrogens is 404 g/mol. The molecule has 3 rings (SSSR count). The molecule has 0 unspecified atom stereocenters. The second-order valence-corrected chi connectivity index (χ2v) is 6.08. The molecule has 0 saturated heterocycles. The fourth-order valence-electron chi connectivity index (χ4n) is 2.82. The highest BCUT2D eigenvalue weighted by atomic mass is 15.0. The maximum atomic E-state index is 9.57. The van der Waals surface area contributed by atoms with Crippen LogP contribution in [0.25, 0.3) is 17.0 Å². The number of fused-ring (bicyclic) bond motifs is 3.